The van der Waals surface area contributed by atoms with Gasteiger partial charge in [0.05, 0.1) is 0 Å². The second-order valence-electron chi connectivity index (χ2n) is 0. The monoisotopic (exact) mass is 133 g/mol. The molecule has 0 fully saturated rings. The average molecular weight is 133 g/mol. The molecule has 0 aromatic rings. The normalized spacial score (nSPS) is 0. The quantitative estimate of drug-likeness (QED) is 0.295. The Hall–Kier alpha value is 2.44. The van der Waals surface area contributed by atoms with Gasteiger partial charge in [-0.05, 0) is 0 Å². The maximum atomic E-state index is 0. The van der Waals surface area contributed by atoms with Crippen LogP contribution in [-0.4, -0.2) is 0 Å². The van der Waals surface area contributed by atoms with Gasteiger partial charge in [-0.15, -0.1) is 0 Å². The molecule has 0 rings (SSSR count). The van der Waals surface area contributed by atoms with Gasteiger partial charge in [0.1, 0.15) is 0 Å². The molecule has 5 heavy (non-hydrogen) atoms. The van der Waals surface area contributed by atoms with Crippen molar-refractivity contribution in [2.24, 2.45) is 0 Å². The van der Waals surface area contributed by atoms with Crippen molar-refractivity contribution in [1.29, 1.82) is 0 Å². The summed E-state index contributed by atoms with van der Waals surface area (Å²) < 4.78 is 0. The minimum Gasteiger partial charge on any atom is -2.00 e. The first-order valence-corrected chi connectivity index (χ1v) is 0. The van der Waals surface area contributed by atoms with Crippen LogP contribution in [0.5, 0.6) is 0 Å². The van der Waals surface area contributed by atoms with Gasteiger partial charge in [-0.3, -0.25) is 0 Å². The van der Waals surface area contributed by atoms with Gasteiger partial charge >= 0.3 is 76.2 Å². The summed E-state index contributed by atoms with van der Waals surface area (Å²) in [5, 5.41) is 0. The van der Waals surface area contributed by atoms with Crippen LogP contribution in [0.1, 0.15) is 0 Å². The molecule has 0 saturated carbocycles. The Labute approximate surface area is 85.8 Å². The van der Waals surface area contributed by atoms with E-state index >= 15 is 0 Å². The second kappa shape index (κ2) is 32.0. The average Bonchev–Trinajstić information content (AvgIpc) is 0. The molecule has 0 spiro atoms. The van der Waals surface area contributed by atoms with Crippen molar-refractivity contribution >= 4 is 0 Å². The molecule has 0 bridgehead atoms. The first-order valence-electron chi connectivity index (χ1n) is 0. The summed E-state index contributed by atoms with van der Waals surface area (Å²) in [6.07, 6.45) is 0. The smallest absolute Gasteiger partial charge is 2.00 e. The Morgan fingerprint density at radius 3 is 0.600 bits per heavy atom. The van der Waals surface area contributed by atoms with Crippen LogP contribution in [0.25, 0.3) is 0 Å². The van der Waals surface area contributed by atoms with Crippen molar-refractivity contribution in [3.8, 4) is 0 Å². The van der Waals surface area contributed by atoms with Crippen LogP contribution in [0.4, 0.5) is 0 Å². The molecular weight excluding hydrogens is 133 g/mol. The summed E-state index contributed by atoms with van der Waals surface area (Å²) in [7, 11) is 0. The van der Waals surface area contributed by atoms with E-state index in [1.54, 1.807) is 0 Å². The van der Waals surface area contributed by atoms with E-state index < -0.39 is 0 Å². The van der Waals surface area contributed by atoms with Gasteiger partial charge in [0.25, 0.3) is 0 Å². The summed E-state index contributed by atoms with van der Waals surface area (Å²) in [4.78, 5) is 0. The van der Waals surface area contributed by atoms with E-state index in [-0.39, 0.29) is 87.1 Å². The topological polar surface area (TPSA) is 57.0 Å². The van der Waals surface area contributed by atoms with Crippen molar-refractivity contribution in [2.75, 3.05) is 0 Å². The largest absolute Gasteiger partial charge is 2.00 e. The zero-order valence-electron chi connectivity index (χ0n) is 3.19. The molecule has 0 aromatic carbocycles. The molecule has 2 nitrogen and oxygen atoms in total. The van der Waals surface area contributed by atoms with Gasteiger partial charge in [0.15, 0.2) is 0 Å². The Bertz CT molecular complexity index is 7.61. The minimum absolute atomic E-state index is 0. The first kappa shape index (κ1) is 51.8. The third-order valence-electron chi connectivity index (χ3n) is 0. The zero-order chi connectivity index (χ0) is 0. The standard InChI is InChI=1S/Mn.2Na.2O/q+2;2*+1;2*-2. The van der Waals surface area contributed by atoms with E-state index in [9.17, 15) is 0 Å². The summed E-state index contributed by atoms with van der Waals surface area (Å²) >= 11 is 0. The molecule has 0 aliphatic rings. The van der Waals surface area contributed by atoms with Crippen molar-refractivity contribution in [2.45, 2.75) is 0 Å². The molecule has 5 heteroatoms. The van der Waals surface area contributed by atoms with E-state index in [0.29, 0.717) is 0 Å². The molecule has 0 saturated heterocycles. The third kappa shape index (κ3) is 21.3. The molecule has 0 aliphatic heterocycles. The third-order valence-corrected chi connectivity index (χ3v) is 0. The molecule has 0 N–H and O–H groups in total. The van der Waals surface area contributed by atoms with E-state index in [0.717, 1.165) is 0 Å². The van der Waals surface area contributed by atoms with Crippen LogP contribution in [-0.2, 0) is 28.0 Å². The van der Waals surface area contributed by atoms with E-state index in [1.807, 2.05) is 0 Å². The predicted molar refractivity (Wildman–Crippen MR) is 1.37 cm³/mol. The molecule has 0 unspecified atom stereocenters. The van der Waals surface area contributed by atoms with Gasteiger partial charge in [0, 0.05) is 0 Å². The van der Waals surface area contributed by atoms with Gasteiger partial charge in [-0.2, -0.15) is 0 Å². The molecule has 0 aromatic heterocycles. The molecule has 21 valence electrons. The van der Waals surface area contributed by atoms with Gasteiger partial charge in [0.2, 0.25) is 0 Å². The van der Waals surface area contributed by atoms with Crippen LogP contribution in [0.15, 0.2) is 0 Å². The van der Waals surface area contributed by atoms with Crippen molar-refractivity contribution in [3.63, 3.8) is 0 Å². The van der Waals surface area contributed by atoms with Crippen LogP contribution < -0.4 is 59.1 Å². The Morgan fingerprint density at radius 1 is 0.600 bits per heavy atom. The summed E-state index contributed by atoms with van der Waals surface area (Å²) in [5.41, 5.74) is 0. The first-order chi connectivity index (χ1) is 0. The van der Waals surface area contributed by atoms with E-state index in [2.05, 4.69) is 0 Å². The molecule has 0 amide bonds. The molecule has 0 heterocycles. The maximum absolute atomic E-state index is 0. The number of hydrogen-bond acceptors (Lipinski definition) is 0. The summed E-state index contributed by atoms with van der Waals surface area (Å²) in [6, 6.07) is 0. The van der Waals surface area contributed by atoms with Crippen LogP contribution >= 0.6 is 0 Å². The van der Waals surface area contributed by atoms with Gasteiger partial charge < -0.3 is 11.0 Å². The SMILES string of the molecule is [Mn+2].[Na+].[Na+].[O-2].[O-2]. The Kier molecular flexibility index (Phi) is 332. The van der Waals surface area contributed by atoms with E-state index in [1.165, 1.54) is 0 Å². The van der Waals surface area contributed by atoms with Crippen molar-refractivity contribution in [1.82, 2.24) is 0 Å². The fourth-order valence-electron chi connectivity index (χ4n) is 0. The summed E-state index contributed by atoms with van der Waals surface area (Å²) in [6.45, 7) is 0. The molecule has 0 aliphatic carbocycles. The van der Waals surface area contributed by atoms with Crippen LogP contribution in [0, 0.1) is 0 Å². The number of hydrogen-bond donors (Lipinski definition) is 0. The molecule has 1 radical (unpaired) electrons. The van der Waals surface area contributed by atoms with E-state index in [4.69, 9.17) is 0 Å². The molecular formula is MnNa2O2. The molecule has 0 atom stereocenters. The fraction of sp³-hybridized carbons (Fsp3) is 0. The Balaban J connectivity index is 0. The van der Waals surface area contributed by atoms with Gasteiger partial charge in [-0.25, -0.2) is 0 Å². The van der Waals surface area contributed by atoms with Gasteiger partial charge in [-0.1, -0.05) is 0 Å². The zero-order valence-corrected chi connectivity index (χ0v) is 8.37. The van der Waals surface area contributed by atoms with Crippen LogP contribution in [0.3, 0.4) is 0 Å². The summed E-state index contributed by atoms with van der Waals surface area (Å²) in [5.74, 6) is 0. The predicted octanol–water partition coefficient (Wildman–Crippen LogP) is -6.23. The number of rotatable bonds is 0. The Morgan fingerprint density at radius 2 is 0.600 bits per heavy atom. The van der Waals surface area contributed by atoms with Crippen LogP contribution in [0.2, 0.25) is 0 Å². The minimum atomic E-state index is 0. The second-order valence-corrected chi connectivity index (χ2v) is 0. The van der Waals surface area contributed by atoms with Crippen molar-refractivity contribution < 1.29 is 87.1 Å². The van der Waals surface area contributed by atoms with Crippen molar-refractivity contribution in [3.05, 3.63) is 0 Å². The fourth-order valence-corrected chi connectivity index (χ4v) is 0. The maximum Gasteiger partial charge on any atom is 2.00 e.